The molecular formula is C21H25N5O3. The second-order valence-corrected chi connectivity index (χ2v) is 7.79. The maximum Gasteiger partial charge on any atom is 0.255 e. The van der Waals surface area contributed by atoms with E-state index in [0.29, 0.717) is 18.7 Å². The van der Waals surface area contributed by atoms with Crippen LogP contribution in [0.5, 0.6) is 0 Å². The summed E-state index contributed by atoms with van der Waals surface area (Å²) in [5, 5.41) is 9.70. The molecule has 2 aliphatic rings. The van der Waals surface area contributed by atoms with Crippen molar-refractivity contribution < 1.29 is 14.4 Å². The number of nitrogens with zero attached hydrogens (tertiary/aromatic N) is 3. The lowest BCUT2D eigenvalue weighted by atomic mass is 10.0. The summed E-state index contributed by atoms with van der Waals surface area (Å²) < 4.78 is 1.82. The molecule has 2 heterocycles. The Balaban J connectivity index is 1.30. The number of hydrogen-bond acceptors (Lipinski definition) is 4. The summed E-state index contributed by atoms with van der Waals surface area (Å²) >= 11 is 0. The first-order valence-corrected chi connectivity index (χ1v) is 9.98. The SMILES string of the molecule is CC(CNC(=O)CNC(=O)C1c2ccccc2C(=O)N1C1CC1)Cn1cccn1. The molecule has 3 amide bonds. The second-order valence-electron chi connectivity index (χ2n) is 7.79. The van der Waals surface area contributed by atoms with Crippen LogP contribution >= 0.6 is 0 Å². The Morgan fingerprint density at radius 3 is 2.72 bits per heavy atom. The summed E-state index contributed by atoms with van der Waals surface area (Å²) in [4.78, 5) is 39.4. The Morgan fingerprint density at radius 2 is 2.00 bits per heavy atom. The van der Waals surface area contributed by atoms with Gasteiger partial charge < -0.3 is 15.5 Å². The molecule has 1 aliphatic heterocycles. The lowest BCUT2D eigenvalue weighted by Gasteiger charge is -2.24. The van der Waals surface area contributed by atoms with E-state index in [0.717, 1.165) is 18.4 Å². The molecule has 1 saturated carbocycles. The summed E-state index contributed by atoms with van der Waals surface area (Å²) in [6.07, 6.45) is 5.43. The average Bonchev–Trinajstić information content (AvgIpc) is 3.35. The third-order valence-electron chi connectivity index (χ3n) is 5.32. The van der Waals surface area contributed by atoms with Gasteiger partial charge in [-0.15, -0.1) is 0 Å². The highest BCUT2D eigenvalue weighted by Gasteiger charge is 2.47. The van der Waals surface area contributed by atoms with Gasteiger partial charge in [-0.2, -0.15) is 5.10 Å². The fraction of sp³-hybridized carbons (Fsp3) is 0.429. The van der Waals surface area contributed by atoms with Crippen LogP contribution in [0.15, 0.2) is 42.7 Å². The van der Waals surface area contributed by atoms with Crippen LogP contribution in [0.2, 0.25) is 0 Å². The molecule has 2 atom stereocenters. The maximum absolute atomic E-state index is 12.9. The van der Waals surface area contributed by atoms with Crippen LogP contribution in [0.4, 0.5) is 0 Å². The van der Waals surface area contributed by atoms with Crippen molar-refractivity contribution in [1.29, 1.82) is 0 Å². The highest BCUT2D eigenvalue weighted by Crippen LogP contribution is 2.41. The second kappa shape index (κ2) is 8.06. The van der Waals surface area contributed by atoms with Gasteiger partial charge in [-0.3, -0.25) is 19.1 Å². The molecule has 0 saturated heterocycles. The summed E-state index contributed by atoms with van der Waals surface area (Å²) in [6, 6.07) is 8.53. The van der Waals surface area contributed by atoms with E-state index in [1.54, 1.807) is 23.2 Å². The molecule has 1 aliphatic carbocycles. The molecule has 0 bridgehead atoms. The molecule has 2 aromatic rings. The zero-order valence-corrected chi connectivity index (χ0v) is 16.4. The Morgan fingerprint density at radius 1 is 1.21 bits per heavy atom. The number of rotatable bonds is 8. The summed E-state index contributed by atoms with van der Waals surface area (Å²) in [7, 11) is 0. The van der Waals surface area contributed by atoms with E-state index in [2.05, 4.69) is 15.7 Å². The first-order valence-electron chi connectivity index (χ1n) is 9.98. The van der Waals surface area contributed by atoms with E-state index in [-0.39, 0.29) is 36.2 Å². The first kappa shape index (κ1) is 19.2. The van der Waals surface area contributed by atoms with Gasteiger partial charge in [0.15, 0.2) is 0 Å². The molecule has 152 valence electrons. The van der Waals surface area contributed by atoms with Crippen LogP contribution in [0.3, 0.4) is 0 Å². The minimum Gasteiger partial charge on any atom is -0.354 e. The van der Waals surface area contributed by atoms with Crippen molar-refractivity contribution in [2.45, 2.75) is 38.4 Å². The lowest BCUT2D eigenvalue weighted by molar-refractivity contribution is -0.129. The van der Waals surface area contributed by atoms with Gasteiger partial charge in [-0.1, -0.05) is 25.1 Å². The van der Waals surface area contributed by atoms with Crippen LogP contribution in [0.25, 0.3) is 0 Å². The molecule has 1 aromatic carbocycles. The quantitative estimate of drug-likeness (QED) is 0.700. The van der Waals surface area contributed by atoms with Gasteiger partial charge in [0.2, 0.25) is 11.8 Å². The molecule has 0 spiro atoms. The average molecular weight is 395 g/mol. The molecule has 4 rings (SSSR count). The standard InChI is InChI=1S/C21H25N5O3/c1-14(13-25-10-4-9-24-25)11-22-18(27)12-23-20(28)19-16-5-2-3-6-17(16)21(29)26(19)15-7-8-15/h2-6,9-10,14-15,19H,7-8,11-13H2,1H3,(H,22,27)(H,23,28). The Hall–Kier alpha value is -3.16. The molecule has 2 unspecified atom stereocenters. The van der Waals surface area contributed by atoms with Crippen molar-refractivity contribution >= 4 is 17.7 Å². The molecule has 0 radical (unpaired) electrons. The first-order chi connectivity index (χ1) is 14.0. The van der Waals surface area contributed by atoms with E-state index >= 15 is 0 Å². The smallest absolute Gasteiger partial charge is 0.255 e. The van der Waals surface area contributed by atoms with E-state index in [9.17, 15) is 14.4 Å². The number of amides is 3. The maximum atomic E-state index is 12.9. The minimum absolute atomic E-state index is 0.0971. The zero-order chi connectivity index (χ0) is 20.4. The van der Waals surface area contributed by atoms with Crippen LogP contribution in [0, 0.1) is 5.92 Å². The number of carbonyl (C=O) groups is 3. The van der Waals surface area contributed by atoms with Gasteiger partial charge in [0.05, 0.1) is 6.54 Å². The summed E-state index contributed by atoms with van der Waals surface area (Å²) in [5.74, 6) is -0.449. The van der Waals surface area contributed by atoms with Crippen LogP contribution in [-0.4, -0.2) is 51.5 Å². The highest BCUT2D eigenvalue weighted by atomic mass is 16.2. The predicted molar refractivity (Wildman–Crippen MR) is 106 cm³/mol. The summed E-state index contributed by atoms with van der Waals surface area (Å²) in [5.41, 5.74) is 1.30. The van der Waals surface area contributed by atoms with Gasteiger partial charge >= 0.3 is 0 Å². The van der Waals surface area contributed by atoms with Crippen molar-refractivity contribution in [3.8, 4) is 0 Å². The third kappa shape index (κ3) is 4.16. The number of hydrogen-bond donors (Lipinski definition) is 2. The highest BCUT2D eigenvalue weighted by molar-refractivity contribution is 6.05. The van der Waals surface area contributed by atoms with E-state index in [1.165, 1.54) is 0 Å². The number of nitrogens with one attached hydrogen (secondary N) is 2. The largest absolute Gasteiger partial charge is 0.354 e. The van der Waals surface area contributed by atoms with Crippen LogP contribution in [-0.2, 0) is 16.1 Å². The van der Waals surface area contributed by atoms with Gasteiger partial charge in [0.25, 0.3) is 5.91 Å². The molecule has 8 heteroatoms. The van der Waals surface area contributed by atoms with Gasteiger partial charge in [0, 0.05) is 37.1 Å². The monoisotopic (exact) mass is 395 g/mol. The number of fused-ring (bicyclic) bond motifs is 1. The number of benzene rings is 1. The van der Waals surface area contributed by atoms with E-state index < -0.39 is 6.04 Å². The van der Waals surface area contributed by atoms with E-state index in [4.69, 9.17) is 0 Å². The fourth-order valence-corrected chi connectivity index (χ4v) is 3.74. The van der Waals surface area contributed by atoms with Crippen molar-refractivity contribution in [2.75, 3.05) is 13.1 Å². The van der Waals surface area contributed by atoms with Gasteiger partial charge in [0.1, 0.15) is 6.04 Å². The Labute approximate surface area is 169 Å². The fourth-order valence-electron chi connectivity index (χ4n) is 3.74. The zero-order valence-electron chi connectivity index (χ0n) is 16.4. The van der Waals surface area contributed by atoms with Crippen molar-refractivity contribution in [2.24, 2.45) is 5.92 Å². The predicted octanol–water partition coefficient (Wildman–Crippen LogP) is 1.11. The molecule has 29 heavy (non-hydrogen) atoms. The molecule has 1 fully saturated rings. The third-order valence-corrected chi connectivity index (χ3v) is 5.32. The topological polar surface area (TPSA) is 96.3 Å². The van der Waals surface area contributed by atoms with Crippen LogP contribution in [0.1, 0.15) is 41.7 Å². The molecule has 1 aromatic heterocycles. The Kier molecular flexibility index (Phi) is 5.33. The minimum atomic E-state index is -0.655. The summed E-state index contributed by atoms with van der Waals surface area (Å²) in [6.45, 7) is 3.11. The van der Waals surface area contributed by atoms with E-state index in [1.807, 2.05) is 36.0 Å². The normalized spacial score (nSPS) is 19.0. The van der Waals surface area contributed by atoms with Crippen LogP contribution < -0.4 is 10.6 Å². The molecule has 8 nitrogen and oxygen atoms in total. The van der Waals surface area contributed by atoms with Crippen molar-refractivity contribution in [3.63, 3.8) is 0 Å². The lowest BCUT2D eigenvalue weighted by Crippen LogP contribution is -2.44. The molecular weight excluding hydrogens is 370 g/mol. The molecule has 2 N–H and O–H groups in total. The van der Waals surface area contributed by atoms with Gasteiger partial charge in [-0.25, -0.2) is 0 Å². The Bertz CT molecular complexity index is 907. The number of carbonyl (C=O) groups excluding carboxylic acids is 3. The van der Waals surface area contributed by atoms with Gasteiger partial charge in [-0.05, 0) is 36.5 Å². The van der Waals surface area contributed by atoms with Crippen molar-refractivity contribution in [3.05, 3.63) is 53.9 Å². The van der Waals surface area contributed by atoms with Crippen molar-refractivity contribution in [1.82, 2.24) is 25.3 Å². The number of aromatic nitrogens is 2.